The van der Waals surface area contributed by atoms with Gasteiger partial charge in [0, 0.05) is 23.6 Å². The Morgan fingerprint density at radius 2 is 2.19 bits per heavy atom. The maximum Gasteiger partial charge on any atom is 0.257 e. The molecule has 0 aliphatic rings. The highest BCUT2D eigenvalue weighted by atomic mass is 19.1. The largest absolute Gasteiger partial charge is 0.322 e. The van der Waals surface area contributed by atoms with Crippen molar-refractivity contribution < 1.29 is 9.18 Å². The summed E-state index contributed by atoms with van der Waals surface area (Å²) in [4.78, 5) is 16.1. The minimum Gasteiger partial charge on any atom is -0.322 e. The van der Waals surface area contributed by atoms with Gasteiger partial charge in [-0.1, -0.05) is 17.9 Å². The molecule has 0 fully saturated rings. The molecule has 1 heterocycles. The maximum atomic E-state index is 13.2. The molecule has 0 radical (unpaired) electrons. The van der Waals surface area contributed by atoms with Gasteiger partial charge in [0.15, 0.2) is 0 Å². The SMILES string of the molecule is Cc1ccc(F)cc1NC(=O)c1cncc(C#CCN)c1. The number of aryl methyl sites for hydroxylation is 1. The molecule has 0 unspecified atom stereocenters. The smallest absolute Gasteiger partial charge is 0.257 e. The molecule has 106 valence electrons. The highest BCUT2D eigenvalue weighted by molar-refractivity contribution is 6.04. The van der Waals surface area contributed by atoms with Gasteiger partial charge in [0.1, 0.15) is 5.82 Å². The number of benzene rings is 1. The van der Waals surface area contributed by atoms with Crippen molar-refractivity contribution in [1.82, 2.24) is 4.98 Å². The topological polar surface area (TPSA) is 68.0 Å². The third-order valence-corrected chi connectivity index (χ3v) is 2.78. The summed E-state index contributed by atoms with van der Waals surface area (Å²) < 4.78 is 13.2. The minimum atomic E-state index is -0.406. The molecule has 3 N–H and O–H groups in total. The zero-order chi connectivity index (χ0) is 15.2. The summed E-state index contributed by atoms with van der Waals surface area (Å²) in [5.74, 6) is 4.73. The van der Waals surface area contributed by atoms with E-state index in [0.29, 0.717) is 16.8 Å². The van der Waals surface area contributed by atoms with Crippen LogP contribution in [0.5, 0.6) is 0 Å². The average Bonchev–Trinajstić information content (AvgIpc) is 2.49. The van der Waals surface area contributed by atoms with E-state index < -0.39 is 5.82 Å². The van der Waals surface area contributed by atoms with Gasteiger partial charge in [-0.15, -0.1) is 0 Å². The van der Waals surface area contributed by atoms with Gasteiger partial charge < -0.3 is 11.1 Å². The van der Waals surface area contributed by atoms with Crippen molar-refractivity contribution in [3.63, 3.8) is 0 Å². The normalized spacial score (nSPS) is 9.67. The van der Waals surface area contributed by atoms with Crippen LogP contribution < -0.4 is 11.1 Å². The number of nitrogens with two attached hydrogens (primary N) is 1. The third kappa shape index (κ3) is 3.88. The standard InChI is InChI=1S/C16H14FN3O/c1-11-4-5-14(17)8-15(11)20-16(21)13-7-12(3-2-6-18)9-19-10-13/h4-5,7-10H,6,18H2,1H3,(H,20,21). The van der Waals surface area contributed by atoms with Crippen molar-refractivity contribution in [3.8, 4) is 11.8 Å². The van der Waals surface area contributed by atoms with Crippen LogP contribution in [-0.4, -0.2) is 17.4 Å². The maximum absolute atomic E-state index is 13.2. The predicted molar refractivity (Wildman–Crippen MR) is 79.3 cm³/mol. The van der Waals surface area contributed by atoms with Gasteiger partial charge in [-0.3, -0.25) is 9.78 Å². The lowest BCUT2D eigenvalue weighted by Gasteiger charge is -2.08. The van der Waals surface area contributed by atoms with Gasteiger partial charge in [-0.05, 0) is 30.7 Å². The molecule has 2 aromatic rings. The molecule has 21 heavy (non-hydrogen) atoms. The summed E-state index contributed by atoms with van der Waals surface area (Å²) >= 11 is 0. The Hall–Kier alpha value is -2.71. The lowest BCUT2D eigenvalue weighted by Crippen LogP contribution is -2.13. The van der Waals surface area contributed by atoms with Gasteiger partial charge in [0.05, 0.1) is 12.1 Å². The Balaban J connectivity index is 2.22. The second-order valence-electron chi connectivity index (χ2n) is 4.38. The van der Waals surface area contributed by atoms with Crippen LogP contribution >= 0.6 is 0 Å². The molecular weight excluding hydrogens is 269 g/mol. The molecule has 5 heteroatoms. The number of rotatable bonds is 2. The van der Waals surface area contributed by atoms with Crippen LogP contribution in [-0.2, 0) is 0 Å². The van der Waals surface area contributed by atoms with Crippen LogP contribution in [0.1, 0.15) is 21.5 Å². The van der Waals surface area contributed by atoms with Crippen LogP contribution in [0, 0.1) is 24.6 Å². The number of pyridine rings is 1. The first-order valence-electron chi connectivity index (χ1n) is 6.31. The number of hydrogen-bond acceptors (Lipinski definition) is 3. The van der Waals surface area contributed by atoms with E-state index in [1.165, 1.54) is 18.3 Å². The summed E-state index contributed by atoms with van der Waals surface area (Å²) in [6, 6.07) is 5.83. The second-order valence-corrected chi connectivity index (χ2v) is 4.38. The Labute approximate surface area is 122 Å². The molecule has 0 spiro atoms. The average molecular weight is 283 g/mol. The lowest BCUT2D eigenvalue weighted by atomic mass is 10.1. The van der Waals surface area contributed by atoms with Crippen LogP contribution in [0.3, 0.4) is 0 Å². The minimum absolute atomic E-state index is 0.235. The molecule has 2 rings (SSSR count). The molecule has 0 atom stereocenters. The van der Waals surface area contributed by atoms with Crippen LogP contribution in [0.15, 0.2) is 36.7 Å². The van der Waals surface area contributed by atoms with Crippen molar-refractivity contribution in [2.75, 3.05) is 11.9 Å². The first kappa shape index (κ1) is 14.7. The number of nitrogens with zero attached hydrogens (tertiary/aromatic N) is 1. The van der Waals surface area contributed by atoms with E-state index in [2.05, 4.69) is 22.1 Å². The monoisotopic (exact) mass is 283 g/mol. The van der Waals surface area contributed by atoms with Gasteiger partial charge in [0.2, 0.25) is 0 Å². The zero-order valence-corrected chi connectivity index (χ0v) is 11.5. The molecule has 1 aromatic carbocycles. The van der Waals surface area contributed by atoms with Gasteiger partial charge >= 0.3 is 0 Å². The number of halogens is 1. The summed E-state index contributed by atoms with van der Waals surface area (Å²) in [5.41, 5.74) is 7.45. The zero-order valence-electron chi connectivity index (χ0n) is 11.5. The van der Waals surface area contributed by atoms with Gasteiger partial charge in [0.25, 0.3) is 5.91 Å². The fourth-order valence-electron chi connectivity index (χ4n) is 1.71. The molecule has 1 aromatic heterocycles. The number of carbonyl (C=O) groups is 1. The molecular formula is C16H14FN3O. The van der Waals surface area contributed by atoms with Gasteiger partial charge in [-0.25, -0.2) is 4.39 Å². The van der Waals surface area contributed by atoms with Crippen molar-refractivity contribution in [2.45, 2.75) is 6.92 Å². The van der Waals surface area contributed by atoms with Crippen LogP contribution in [0.4, 0.5) is 10.1 Å². The van der Waals surface area contributed by atoms with Crippen molar-refractivity contribution >= 4 is 11.6 Å². The van der Waals surface area contributed by atoms with Gasteiger partial charge in [-0.2, -0.15) is 0 Å². The number of carbonyl (C=O) groups excluding carboxylic acids is 1. The highest BCUT2D eigenvalue weighted by Crippen LogP contribution is 2.17. The van der Waals surface area contributed by atoms with Crippen molar-refractivity contribution in [2.24, 2.45) is 5.73 Å². The molecule has 0 saturated heterocycles. The molecule has 0 saturated carbocycles. The number of aromatic nitrogens is 1. The summed E-state index contributed by atoms with van der Waals surface area (Å²) in [6.07, 6.45) is 2.98. The van der Waals surface area contributed by atoms with E-state index in [4.69, 9.17) is 5.73 Å². The summed E-state index contributed by atoms with van der Waals surface area (Å²) in [5, 5.41) is 2.66. The fraction of sp³-hybridized carbons (Fsp3) is 0.125. The van der Waals surface area contributed by atoms with E-state index in [-0.39, 0.29) is 12.5 Å². The molecule has 0 bridgehead atoms. The molecule has 0 aliphatic carbocycles. The number of anilines is 1. The molecule has 0 aliphatic heterocycles. The Bertz CT molecular complexity index is 732. The first-order valence-corrected chi connectivity index (χ1v) is 6.31. The van der Waals surface area contributed by atoms with Crippen molar-refractivity contribution in [3.05, 3.63) is 59.2 Å². The Kier molecular flexibility index (Phi) is 4.64. The van der Waals surface area contributed by atoms with E-state index in [0.717, 1.165) is 5.56 Å². The van der Waals surface area contributed by atoms with Crippen LogP contribution in [0.25, 0.3) is 0 Å². The number of nitrogens with one attached hydrogen (secondary N) is 1. The molecule has 4 nitrogen and oxygen atoms in total. The number of amides is 1. The second kappa shape index (κ2) is 6.64. The summed E-state index contributed by atoms with van der Waals surface area (Å²) in [6.45, 7) is 2.02. The molecule has 1 amide bonds. The van der Waals surface area contributed by atoms with E-state index >= 15 is 0 Å². The highest BCUT2D eigenvalue weighted by Gasteiger charge is 2.09. The lowest BCUT2D eigenvalue weighted by molar-refractivity contribution is 0.102. The number of hydrogen-bond donors (Lipinski definition) is 2. The van der Waals surface area contributed by atoms with E-state index in [1.54, 1.807) is 25.3 Å². The predicted octanol–water partition coefficient (Wildman–Crippen LogP) is 2.09. The fourth-order valence-corrected chi connectivity index (χ4v) is 1.71. The third-order valence-electron chi connectivity index (χ3n) is 2.78. The van der Waals surface area contributed by atoms with E-state index in [9.17, 15) is 9.18 Å². The Morgan fingerprint density at radius 1 is 1.38 bits per heavy atom. The van der Waals surface area contributed by atoms with Crippen molar-refractivity contribution in [1.29, 1.82) is 0 Å². The summed E-state index contributed by atoms with van der Waals surface area (Å²) in [7, 11) is 0. The van der Waals surface area contributed by atoms with Crippen LogP contribution in [0.2, 0.25) is 0 Å². The van der Waals surface area contributed by atoms with E-state index in [1.807, 2.05) is 0 Å². The first-order chi connectivity index (χ1) is 10.1. The Morgan fingerprint density at radius 3 is 2.95 bits per heavy atom. The quantitative estimate of drug-likeness (QED) is 0.829.